The Morgan fingerprint density at radius 1 is 0.380 bits per heavy atom. The summed E-state index contributed by atoms with van der Waals surface area (Å²) in [7, 11) is 0. The second kappa shape index (κ2) is 16.1. The van der Waals surface area contributed by atoms with E-state index in [1.807, 2.05) is 0 Å². The molecule has 0 radical (unpaired) electrons. The minimum atomic E-state index is -0.277. The summed E-state index contributed by atoms with van der Waals surface area (Å²) in [6, 6.07) is 66.0. The Morgan fingerprint density at radius 3 is 1.59 bits per heavy atom. The molecule has 0 atom stereocenters. The zero-order valence-corrected chi connectivity index (χ0v) is 47.4. The first-order valence-electron chi connectivity index (χ1n) is 28.2. The summed E-state index contributed by atoms with van der Waals surface area (Å²) in [6.45, 7) is 27.8. The lowest BCUT2D eigenvalue weighted by atomic mass is 9.35. The molecule has 0 amide bonds. The van der Waals surface area contributed by atoms with Crippen LogP contribution in [0.4, 0.5) is 51.2 Å². The first kappa shape index (κ1) is 47.8. The number of anilines is 9. The van der Waals surface area contributed by atoms with Gasteiger partial charge in [0.05, 0.1) is 45.1 Å². The molecule has 6 nitrogen and oxygen atoms in total. The van der Waals surface area contributed by atoms with Crippen LogP contribution in [-0.2, 0) is 21.7 Å². The van der Waals surface area contributed by atoms with E-state index in [4.69, 9.17) is 8.83 Å². The van der Waals surface area contributed by atoms with Gasteiger partial charge in [0.2, 0.25) is 0 Å². The van der Waals surface area contributed by atoms with Crippen LogP contribution in [0.15, 0.2) is 185 Å². The molecule has 6 heterocycles. The van der Waals surface area contributed by atoms with Crippen LogP contribution < -0.4 is 31.3 Å². The number of fused-ring (bicyclic) bond motifs is 14. The van der Waals surface area contributed by atoms with Gasteiger partial charge in [-0.25, -0.2) is 0 Å². The number of hydrogen-bond donors (Lipinski definition) is 0. The SMILES string of the molecule is CC(C)(C)c1cc2c3c(c1)-n1c4ccc(C(C)(C)C)cc4c4cc(C(C)(C)C)cc(c41)N3c1cc(N(c3ccccc3)c3ccccc3)cc3c1B2c1oc2ccc(C(C)(C)C)cc2c1N3c1ccc2oc3ccccc3c2c1. The third-order valence-corrected chi connectivity index (χ3v) is 17.4. The Kier molecular flexibility index (Phi) is 9.74. The molecule has 12 aromatic rings. The van der Waals surface area contributed by atoms with E-state index < -0.39 is 0 Å². The van der Waals surface area contributed by atoms with E-state index in [1.54, 1.807) is 0 Å². The first-order valence-corrected chi connectivity index (χ1v) is 28.2. The Hall–Kier alpha value is -8.42. The van der Waals surface area contributed by atoms with Crippen molar-refractivity contribution in [3.8, 4) is 5.69 Å². The van der Waals surface area contributed by atoms with Crippen LogP contribution in [0, 0.1) is 0 Å². The van der Waals surface area contributed by atoms with Gasteiger partial charge in [0.25, 0.3) is 6.71 Å². The molecule has 7 heteroatoms. The largest absolute Gasteiger partial charge is 0.468 e. The van der Waals surface area contributed by atoms with Crippen molar-refractivity contribution in [2.75, 3.05) is 14.7 Å². The van der Waals surface area contributed by atoms with E-state index in [2.05, 4.69) is 278 Å². The molecule has 388 valence electrons. The highest BCUT2D eigenvalue weighted by atomic mass is 16.3. The van der Waals surface area contributed by atoms with Crippen molar-refractivity contribution in [2.24, 2.45) is 0 Å². The molecule has 0 aliphatic carbocycles. The second-order valence-corrected chi connectivity index (χ2v) is 26.7. The van der Waals surface area contributed by atoms with Crippen LogP contribution in [-0.4, -0.2) is 11.3 Å². The lowest BCUT2D eigenvalue weighted by Crippen LogP contribution is -2.61. The maximum atomic E-state index is 7.62. The Labute approximate surface area is 463 Å². The number of benzene rings is 9. The summed E-state index contributed by atoms with van der Waals surface area (Å²) in [5, 5.41) is 5.81. The number of nitrogens with zero attached hydrogens (tertiary/aromatic N) is 4. The van der Waals surface area contributed by atoms with Gasteiger partial charge in [0.1, 0.15) is 16.7 Å². The molecule has 79 heavy (non-hydrogen) atoms. The molecule has 0 spiro atoms. The summed E-state index contributed by atoms with van der Waals surface area (Å²) < 4.78 is 16.8. The summed E-state index contributed by atoms with van der Waals surface area (Å²) in [5.74, 6) is 0. The number of furan rings is 2. The minimum Gasteiger partial charge on any atom is -0.468 e. The third kappa shape index (κ3) is 6.97. The van der Waals surface area contributed by atoms with E-state index in [1.165, 1.54) is 72.0 Å². The summed E-state index contributed by atoms with van der Waals surface area (Å²) in [4.78, 5) is 7.64. The minimum absolute atomic E-state index is 0.0384. The molecule has 9 aromatic carbocycles. The molecular formula is C72H65BN4O2. The van der Waals surface area contributed by atoms with E-state index in [-0.39, 0.29) is 28.4 Å². The first-order chi connectivity index (χ1) is 37.7. The Bertz CT molecular complexity index is 4510. The van der Waals surface area contributed by atoms with Crippen LogP contribution >= 0.6 is 0 Å². The predicted molar refractivity (Wildman–Crippen MR) is 335 cm³/mol. The topological polar surface area (TPSA) is 40.9 Å². The zero-order chi connectivity index (χ0) is 54.4. The molecular weight excluding hydrogens is 964 g/mol. The zero-order valence-electron chi connectivity index (χ0n) is 47.4. The number of rotatable bonds is 4. The molecule has 0 N–H and O–H groups in total. The molecule has 0 saturated heterocycles. The molecule has 3 aliphatic rings. The van der Waals surface area contributed by atoms with E-state index in [0.717, 1.165) is 78.4 Å². The van der Waals surface area contributed by atoms with Crippen molar-refractivity contribution in [3.63, 3.8) is 0 Å². The lowest BCUT2D eigenvalue weighted by Gasteiger charge is -2.46. The third-order valence-electron chi connectivity index (χ3n) is 17.4. The highest BCUT2D eigenvalue weighted by molar-refractivity contribution is 7.00. The quantitative estimate of drug-likeness (QED) is 0.164. The van der Waals surface area contributed by atoms with Gasteiger partial charge in [-0.2, -0.15) is 0 Å². The maximum Gasteiger partial charge on any atom is 0.297 e. The van der Waals surface area contributed by atoms with Gasteiger partial charge < -0.3 is 28.1 Å². The van der Waals surface area contributed by atoms with Crippen molar-refractivity contribution in [1.82, 2.24) is 4.57 Å². The van der Waals surface area contributed by atoms with E-state index >= 15 is 0 Å². The monoisotopic (exact) mass is 1030 g/mol. The highest BCUT2D eigenvalue weighted by Crippen LogP contribution is 2.56. The van der Waals surface area contributed by atoms with Crippen LogP contribution in [0.5, 0.6) is 0 Å². The van der Waals surface area contributed by atoms with Crippen molar-refractivity contribution in [1.29, 1.82) is 0 Å². The second-order valence-electron chi connectivity index (χ2n) is 26.7. The Balaban J connectivity index is 1.15. The van der Waals surface area contributed by atoms with Gasteiger partial charge >= 0.3 is 0 Å². The normalized spacial score (nSPS) is 14.0. The van der Waals surface area contributed by atoms with Crippen LogP contribution in [0.3, 0.4) is 0 Å². The average Bonchev–Trinajstić information content (AvgIpc) is 4.24. The van der Waals surface area contributed by atoms with Crippen LogP contribution in [0.1, 0.15) is 105 Å². The standard InChI is InChI=1S/C72H65BN4O2/c1-69(2,3)42-27-30-56-51(33-42)53-35-44(71(7,8)9)37-59-65(53)76(56)60-38-45(72(10,11)12)36-55-67(60)77(59)58-41-49(74(46-21-15-13-16-22-46)47-23-17-14-18-24-47)40-57-64(58)73(55)68-66(54-34-43(70(4,5)6)28-31-63(54)79-68)75(57)48-29-32-62-52(39-48)50-25-19-20-26-61(50)78-62/h13-41H,1-12H3. The fourth-order valence-electron chi connectivity index (χ4n) is 13.2. The van der Waals surface area contributed by atoms with Gasteiger partial charge in [-0.3, -0.25) is 0 Å². The maximum absolute atomic E-state index is 7.62. The molecule has 15 rings (SSSR count). The van der Waals surface area contributed by atoms with Crippen molar-refractivity contribution in [2.45, 2.75) is 105 Å². The van der Waals surface area contributed by atoms with E-state index in [9.17, 15) is 0 Å². The predicted octanol–water partition coefficient (Wildman–Crippen LogP) is 18.5. The van der Waals surface area contributed by atoms with Gasteiger partial charge in [0.15, 0.2) is 0 Å². The summed E-state index contributed by atoms with van der Waals surface area (Å²) in [5.41, 5.74) is 24.2. The molecule has 0 saturated carbocycles. The fraction of sp³-hybridized carbons (Fsp3) is 0.222. The molecule has 0 fully saturated rings. The molecule has 3 aliphatic heterocycles. The smallest absolute Gasteiger partial charge is 0.297 e. The number of para-hydroxylation sites is 3. The van der Waals surface area contributed by atoms with Crippen molar-refractivity contribution < 1.29 is 8.83 Å². The van der Waals surface area contributed by atoms with Crippen molar-refractivity contribution in [3.05, 3.63) is 198 Å². The van der Waals surface area contributed by atoms with Gasteiger partial charge in [-0.05, 0) is 158 Å². The van der Waals surface area contributed by atoms with E-state index in [0.29, 0.717) is 0 Å². The van der Waals surface area contributed by atoms with Crippen LogP contribution in [0.25, 0.3) is 60.4 Å². The number of aromatic nitrogens is 1. The number of hydrogen-bond acceptors (Lipinski definition) is 5. The van der Waals surface area contributed by atoms with Crippen molar-refractivity contribution >= 4 is 129 Å². The summed E-state index contributed by atoms with van der Waals surface area (Å²) in [6.07, 6.45) is 0. The van der Waals surface area contributed by atoms with Crippen LogP contribution in [0.2, 0.25) is 0 Å². The highest BCUT2D eigenvalue weighted by Gasteiger charge is 2.50. The summed E-state index contributed by atoms with van der Waals surface area (Å²) >= 11 is 0. The van der Waals surface area contributed by atoms with Gasteiger partial charge in [-0.1, -0.05) is 156 Å². The molecule has 3 aromatic heterocycles. The Morgan fingerprint density at radius 2 is 0.924 bits per heavy atom. The molecule has 0 bridgehead atoms. The average molecular weight is 1030 g/mol. The molecule has 0 unspecified atom stereocenters. The lowest BCUT2D eigenvalue weighted by molar-refractivity contribution is 0.589. The van der Waals surface area contributed by atoms with Gasteiger partial charge in [-0.15, -0.1) is 0 Å². The van der Waals surface area contributed by atoms with Gasteiger partial charge in [0, 0.05) is 55.4 Å². The fourth-order valence-corrected chi connectivity index (χ4v) is 13.2.